The lowest BCUT2D eigenvalue weighted by atomic mass is 10.2. The molecule has 2 atom stereocenters. The third kappa shape index (κ3) is 4.18. The number of halogens is 2. The second-order valence-electron chi connectivity index (χ2n) is 5.72. The number of nitrogens with zero attached hydrogens (tertiary/aromatic N) is 1. The molecule has 1 aliphatic heterocycles. The average Bonchev–Trinajstić information content (AvgIpc) is 2.80. The molecule has 5 nitrogen and oxygen atoms in total. The quantitative estimate of drug-likeness (QED) is 0.638. The number of hydrogen-bond acceptors (Lipinski definition) is 4. The topological polar surface area (TPSA) is 71.5 Å². The van der Waals surface area contributed by atoms with E-state index in [0.29, 0.717) is 21.8 Å². The zero-order chi connectivity index (χ0) is 17.4. The minimum atomic E-state index is -3.81. The Labute approximate surface area is 154 Å². The molecule has 0 radical (unpaired) electrons. The van der Waals surface area contributed by atoms with E-state index in [1.54, 1.807) is 12.1 Å². The largest absolute Gasteiger partial charge is 0.244 e. The van der Waals surface area contributed by atoms with Crippen LogP contribution < -0.4 is 0 Å². The normalized spacial score (nSPS) is 22.4. The van der Waals surface area contributed by atoms with E-state index >= 15 is 0 Å². The number of hydrogen-bond donors (Lipinski definition) is 0. The summed E-state index contributed by atoms with van der Waals surface area (Å²) in [4.78, 5) is 0.150. The molecule has 2 rings (SSSR count). The standard InChI is InChI=1S/C14H19Br2NO4S2/c1-3-10(2)17(12-6-7-22(18,19)9-12)23(20,21)14-8-11(15)4-5-13(14)16/h4-5,8,10,12H,3,6-7,9H2,1-2H3/t10-,12-/m1/s1. The smallest absolute Gasteiger partial charge is 0.229 e. The van der Waals surface area contributed by atoms with Crippen molar-refractivity contribution < 1.29 is 16.8 Å². The Bertz CT molecular complexity index is 793. The van der Waals surface area contributed by atoms with Gasteiger partial charge in [0.2, 0.25) is 10.0 Å². The number of sulfone groups is 1. The summed E-state index contributed by atoms with van der Waals surface area (Å²) in [6.07, 6.45) is 0.957. The van der Waals surface area contributed by atoms with Crippen molar-refractivity contribution in [2.24, 2.45) is 0 Å². The van der Waals surface area contributed by atoms with Crippen LogP contribution in [0.1, 0.15) is 26.7 Å². The van der Waals surface area contributed by atoms with E-state index in [1.807, 2.05) is 13.8 Å². The molecule has 1 aromatic rings. The first-order chi connectivity index (χ1) is 10.6. The van der Waals surface area contributed by atoms with Crippen molar-refractivity contribution in [2.45, 2.75) is 43.7 Å². The van der Waals surface area contributed by atoms with E-state index < -0.39 is 25.9 Å². The van der Waals surface area contributed by atoms with Gasteiger partial charge in [-0.15, -0.1) is 0 Å². The van der Waals surface area contributed by atoms with Crippen molar-refractivity contribution in [1.82, 2.24) is 4.31 Å². The van der Waals surface area contributed by atoms with Gasteiger partial charge in [-0.05, 0) is 53.9 Å². The Morgan fingerprint density at radius 2 is 2.00 bits per heavy atom. The van der Waals surface area contributed by atoms with Crippen LogP contribution in [0, 0.1) is 0 Å². The monoisotopic (exact) mass is 487 g/mol. The van der Waals surface area contributed by atoms with Crippen LogP contribution in [0.5, 0.6) is 0 Å². The maximum Gasteiger partial charge on any atom is 0.244 e. The molecule has 0 N–H and O–H groups in total. The first kappa shape index (κ1) is 19.4. The molecule has 1 saturated heterocycles. The van der Waals surface area contributed by atoms with Crippen molar-refractivity contribution >= 4 is 51.7 Å². The van der Waals surface area contributed by atoms with Gasteiger partial charge in [0, 0.05) is 21.0 Å². The fourth-order valence-corrected chi connectivity index (χ4v) is 7.93. The molecule has 0 amide bonds. The molecule has 1 heterocycles. The Morgan fingerprint density at radius 1 is 1.35 bits per heavy atom. The molecule has 1 fully saturated rings. The van der Waals surface area contributed by atoms with Gasteiger partial charge < -0.3 is 0 Å². The number of benzene rings is 1. The van der Waals surface area contributed by atoms with Crippen LogP contribution in [0.15, 0.2) is 32.0 Å². The van der Waals surface area contributed by atoms with Gasteiger partial charge in [0.1, 0.15) is 0 Å². The predicted octanol–water partition coefficient (Wildman–Crippen LogP) is 3.19. The van der Waals surface area contributed by atoms with Crippen LogP contribution in [-0.2, 0) is 19.9 Å². The fraction of sp³-hybridized carbons (Fsp3) is 0.571. The summed E-state index contributed by atoms with van der Waals surface area (Å²) in [7, 11) is -6.98. The Kier molecular flexibility index (Phi) is 5.99. The SMILES string of the molecule is CC[C@@H](C)N([C@@H]1CCS(=O)(=O)C1)S(=O)(=O)c1cc(Br)ccc1Br. The van der Waals surface area contributed by atoms with Gasteiger partial charge in [0.25, 0.3) is 0 Å². The molecular formula is C14H19Br2NO4S2. The zero-order valence-corrected chi connectivity index (χ0v) is 17.7. The van der Waals surface area contributed by atoms with E-state index in [-0.39, 0.29) is 22.4 Å². The van der Waals surface area contributed by atoms with E-state index in [1.165, 1.54) is 10.4 Å². The van der Waals surface area contributed by atoms with E-state index in [0.717, 1.165) is 0 Å². The van der Waals surface area contributed by atoms with Gasteiger partial charge in [-0.25, -0.2) is 16.8 Å². The summed E-state index contributed by atoms with van der Waals surface area (Å²) in [5.41, 5.74) is 0. The maximum absolute atomic E-state index is 13.2. The second-order valence-corrected chi connectivity index (χ2v) is 11.5. The lowest BCUT2D eigenvalue weighted by molar-refractivity contribution is 0.271. The Hall–Kier alpha value is 0.0400. The van der Waals surface area contributed by atoms with Gasteiger partial charge in [0.05, 0.1) is 16.4 Å². The van der Waals surface area contributed by atoms with Gasteiger partial charge in [-0.3, -0.25) is 0 Å². The average molecular weight is 489 g/mol. The molecule has 23 heavy (non-hydrogen) atoms. The highest BCUT2D eigenvalue weighted by Gasteiger charge is 2.41. The van der Waals surface area contributed by atoms with Crippen LogP contribution in [0.2, 0.25) is 0 Å². The molecular weight excluding hydrogens is 470 g/mol. The highest BCUT2D eigenvalue weighted by atomic mass is 79.9. The van der Waals surface area contributed by atoms with Crippen molar-refractivity contribution in [3.8, 4) is 0 Å². The highest BCUT2D eigenvalue weighted by Crippen LogP contribution is 2.33. The molecule has 9 heteroatoms. The van der Waals surface area contributed by atoms with Gasteiger partial charge in [-0.2, -0.15) is 4.31 Å². The van der Waals surface area contributed by atoms with Crippen molar-refractivity contribution in [1.29, 1.82) is 0 Å². The van der Waals surface area contributed by atoms with Crippen LogP contribution in [0.3, 0.4) is 0 Å². The summed E-state index contributed by atoms with van der Waals surface area (Å²) < 4.78 is 52.5. The van der Waals surface area contributed by atoms with Crippen molar-refractivity contribution in [3.63, 3.8) is 0 Å². The molecule has 0 spiro atoms. The van der Waals surface area contributed by atoms with Gasteiger partial charge >= 0.3 is 0 Å². The summed E-state index contributed by atoms with van der Waals surface area (Å²) in [5.74, 6) is -0.0675. The van der Waals surface area contributed by atoms with Crippen molar-refractivity contribution in [3.05, 3.63) is 27.1 Å². The molecule has 1 aromatic carbocycles. The first-order valence-electron chi connectivity index (χ1n) is 7.27. The third-order valence-corrected chi connectivity index (χ3v) is 9.35. The lowest BCUT2D eigenvalue weighted by Gasteiger charge is -2.32. The predicted molar refractivity (Wildman–Crippen MR) is 97.7 cm³/mol. The van der Waals surface area contributed by atoms with Crippen molar-refractivity contribution in [2.75, 3.05) is 11.5 Å². The highest BCUT2D eigenvalue weighted by molar-refractivity contribution is 9.11. The molecule has 0 aliphatic carbocycles. The van der Waals surface area contributed by atoms with Crippen LogP contribution in [0.25, 0.3) is 0 Å². The van der Waals surface area contributed by atoms with Crippen LogP contribution in [0.4, 0.5) is 0 Å². The minimum absolute atomic E-state index is 0.0414. The maximum atomic E-state index is 13.2. The summed E-state index contributed by atoms with van der Waals surface area (Å²) in [6, 6.07) is 4.17. The molecule has 130 valence electrons. The Balaban J connectivity index is 2.52. The summed E-state index contributed by atoms with van der Waals surface area (Å²) in [5, 5.41) is 0. The van der Waals surface area contributed by atoms with E-state index in [4.69, 9.17) is 0 Å². The summed E-state index contributed by atoms with van der Waals surface area (Å²) >= 11 is 6.59. The number of sulfonamides is 1. The lowest BCUT2D eigenvalue weighted by Crippen LogP contribution is -2.46. The Morgan fingerprint density at radius 3 is 2.52 bits per heavy atom. The zero-order valence-electron chi connectivity index (χ0n) is 12.9. The number of rotatable bonds is 5. The minimum Gasteiger partial charge on any atom is -0.229 e. The van der Waals surface area contributed by atoms with Gasteiger partial charge in [-0.1, -0.05) is 22.9 Å². The summed E-state index contributed by atoms with van der Waals surface area (Å²) in [6.45, 7) is 3.71. The molecule has 1 aliphatic rings. The van der Waals surface area contributed by atoms with Crippen LogP contribution >= 0.6 is 31.9 Å². The third-order valence-electron chi connectivity index (χ3n) is 4.04. The molecule has 0 unspecified atom stereocenters. The van der Waals surface area contributed by atoms with E-state index in [9.17, 15) is 16.8 Å². The first-order valence-corrected chi connectivity index (χ1v) is 12.1. The molecule has 0 bridgehead atoms. The van der Waals surface area contributed by atoms with Gasteiger partial charge in [0.15, 0.2) is 9.84 Å². The fourth-order valence-electron chi connectivity index (χ4n) is 2.74. The molecule has 0 aromatic heterocycles. The van der Waals surface area contributed by atoms with E-state index in [2.05, 4.69) is 31.9 Å². The second kappa shape index (κ2) is 7.11. The molecule has 0 saturated carbocycles. The van der Waals surface area contributed by atoms with Crippen LogP contribution in [-0.4, -0.2) is 44.7 Å².